The first-order chi connectivity index (χ1) is 15.4. The van der Waals surface area contributed by atoms with Gasteiger partial charge in [0.05, 0.1) is 18.6 Å². The topological polar surface area (TPSA) is 94.8 Å². The van der Waals surface area contributed by atoms with Gasteiger partial charge in [0.25, 0.3) is 5.91 Å². The maximum Gasteiger partial charge on any atom is 0.343 e. The van der Waals surface area contributed by atoms with E-state index in [4.69, 9.17) is 13.9 Å². The molecule has 0 radical (unpaired) electrons. The highest BCUT2D eigenvalue weighted by Crippen LogP contribution is 2.25. The van der Waals surface area contributed by atoms with Gasteiger partial charge in [0.2, 0.25) is 0 Å². The first-order valence-electron chi connectivity index (χ1n) is 10.0. The Bertz CT molecular complexity index is 1070. The minimum atomic E-state index is -0.638. The molecule has 2 aromatic heterocycles. The van der Waals surface area contributed by atoms with Gasteiger partial charge in [-0.3, -0.25) is 4.79 Å². The summed E-state index contributed by atoms with van der Waals surface area (Å²) in [7, 11) is 1.66. The summed E-state index contributed by atoms with van der Waals surface area (Å²) in [4.78, 5) is 35.4. The lowest BCUT2D eigenvalue weighted by Crippen LogP contribution is -2.31. The number of ether oxygens (including phenoxy) is 2. The molecule has 0 N–H and O–H groups in total. The van der Waals surface area contributed by atoms with Crippen molar-refractivity contribution >= 4 is 23.6 Å². The average molecular weight is 456 g/mol. The number of amides is 1. The average Bonchev–Trinajstić information content (AvgIpc) is 3.33. The Balaban J connectivity index is 1.62. The second-order valence-corrected chi connectivity index (χ2v) is 7.69. The molecule has 1 amide bonds. The van der Waals surface area contributed by atoms with E-state index in [2.05, 4.69) is 9.97 Å². The molecule has 2 heterocycles. The van der Waals surface area contributed by atoms with Gasteiger partial charge in [0.15, 0.2) is 18.2 Å². The van der Waals surface area contributed by atoms with Crippen LogP contribution in [0, 0.1) is 6.92 Å². The number of carbonyl (C=O) groups is 2. The van der Waals surface area contributed by atoms with E-state index in [-0.39, 0.29) is 18.1 Å². The number of likely N-dealkylation sites (N-methyl/N-ethyl adjacent to an activating group) is 1. The predicted octanol–water partition coefficient (Wildman–Crippen LogP) is 3.98. The SMILES string of the molecule is CCOc1ccc(CN(C)C(=O)COC(=O)c2c(C)nc(-c3ccco3)nc2SC)cc1. The van der Waals surface area contributed by atoms with Crippen molar-refractivity contribution in [2.45, 2.75) is 25.4 Å². The second-order valence-electron chi connectivity index (χ2n) is 6.90. The van der Waals surface area contributed by atoms with Gasteiger partial charge in [0, 0.05) is 13.6 Å². The Labute approximate surface area is 190 Å². The molecule has 0 unspecified atom stereocenters. The fraction of sp³-hybridized carbons (Fsp3) is 0.304. The van der Waals surface area contributed by atoms with Crippen molar-refractivity contribution in [1.82, 2.24) is 14.9 Å². The lowest BCUT2D eigenvalue weighted by atomic mass is 10.2. The van der Waals surface area contributed by atoms with Crippen molar-refractivity contribution in [3.63, 3.8) is 0 Å². The van der Waals surface area contributed by atoms with Gasteiger partial charge in [-0.05, 0) is 49.9 Å². The second kappa shape index (κ2) is 10.8. The molecule has 0 atom stereocenters. The van der Waals surface area contributed by atoms with E-state index in [0.717, 1.165) is 11.3 Å². The van der Waals surface area contributed by atoms with E-state index in [1.165, 1.54) is 22.9 Å². The Morgan fingerprint density at radius 3 is 2.53 bits per heavy atom. The fourth-order valence-corrected chi connectivity index (χ4v) is 3.59. The molecule has 0 bridgehead atoms. The van der Waals surface area contributed by atoms with Gasteiger partial charge in [-0.15, -0.1) is 11.8 Å². The van der Waals surface area contributed by atoms with Crippen LogP contribution in [0.15, 0.2) is 52.1 Å². The van der Waals surface area contributed by atoms with Crippen molar-refractivity contribution in [2.24, 2.45) is 0 Å². The molecule has 0 spiro atoms. The number of carbonyl (C=O) groups excluding carboxylic acids is 2. The highest BCUT2D eigenvalue weighted by Gasteiger charge is 2.22. The van der Waals surface area contributed by atoms with Crippen molar-refractivity contribution in [3.8, 4) is 17.3 Å². The first-order valence-corrected chi connectivity index (χ1v) is 11.2. The van der Waals surface area contributed by atoms with E-state index in [1.807, 2.05) is 31.2 Å². The van der Waals surface area contributed by atoms with Gasteiger partial charge < -0.3 is 18.8 Å². The third-order valence-electron chi connectivity index (χ3n) is 4.60. The smallest absolute Gasteiger partial charge is 0.343 e. The molecule has 0 fully saturated rings. The minimum absolute atomic E-state index is 0.245. The molecule has 168 valence electrons. The van der Waals surface area contributed by atoms with Gasteiger partial charge in [0.1, 0.15) is 16.3 Å². The molecular weight excluding hydrogens is 430 g/mol. The van der Waals surface area contributed by atoms with Crippen LogP contribution in [0.25, 0.3) is 11.6 Å². The Hall–Kier alpha value is -3.33. The van der Waals surface area contributed by atoms with Crippen molar-refractivity contribution < 1.29 is 23.5 Å². The van der Waals surface area contributed by atoms with Crippen LogP contribution in [0.4, 0.5) is 0 Å². The first kappa shape index (κ1) is 23.3. The zero-order valence-electron chi connectivity index (χ0n) is 18.5. The summed E-state index contributed by atoms with van der Waals surface area (Å²) >= 11 is 1.30. The van der Waals surface area contributed by atoms with Gasteiger partial charge in [-0.25, -0.2) is 14.8 Å². The molecule has 0 aliphatic carbocycles. The third kappa shape index (κ3) is 5.67. The number of benzene rings is 1. The number of nitrogens with zero attached hydrogens (tertiary/aromatic N) is 3. The molecule has 9 heteroatoms. The maximum absolute atomic E-state index is 12.7. The summed E-state index contributed by atoms with van der Waals surface area (Å²) in [5, 5.41) is 0.462. The van der Waals surface area contributed by atoms with E-state index in [0.29, 0.717) is 35.5 Å². The van der Waals surface area contributed by atoms with Crippen molar-refractivity contribution in [2.75, 3.05) is 26.5 Å². The lowest BCUT2D eigenvalue weighted by Gasteiger charge is -2.18. The van der Waals surface area contributed by atoms with E-state index in [9.17, 15) is 9.59 Å². The molecule has 3 aromatic rings. The maximum atomic E-state index is 12.7. The van der Waals surface area contributed by atoms with E-state index >= 15 is 0 Å². The summed E-state index contributed by atoms with van der Waals surface area (Å²) in [6, 6.07) is 11.0. The van der Waals surface area contributed by atoms with Crippen LogP contribution in [0.1, 0.15) is 28.5 Å². The van der Waals surface area contributed by atoms with Crippen molar-refractivity contribution in [3.05, 3.63) is 59.5 Å². The summed E-state index contributed by atoms with van der Waals surface area (Å²) in [6.07, 6.45) is 3.34. The predicted molar refractivity (Wildman–Crippen MR) is 121 cm³/mol. The highest BCUT2D eigenvalue weighted by atomic mass is 32.2. The largest absolute Gasteiger partial charge is 0.494 e. The zero-order chi connectivity index (χ0) is 23.1. The van der Waals surface area contributed by atoms with E-state index < -0.39 is 5.97 Å². The number of thioether (sulfide) groups is 1. The number of hydrogen-bond donors (Lipinski definition) is 0. The summed E-state index contributed by atoms with van der Waals surface area (Å²) in [6.45, 7) is 4.23. The van der Waals surface area contributed by atoms with Crippen LogP contribution in [-0.2, 0) is 16.1 Å². The standard InChI is InChI=1S/C23H25N3O5S/c1-5-29-17-10-8-16(9-11-17)13-26(3)19(27)14-31-23(28)20-15(2)24-21(25-22(20)32-4)18-7-6-12-30-18/h6-12H,5,13-14H2,1-4H3. The Morgan fingerprint density at radius 1 is 1.16 bits per heavy atom. The summed E-state index contributed by atoms with van der Waals surface area (Å²) in [5.41, 5.74) is 1.64. The van der Waals surface area contributed by atoms with Crippen LogP contribution in [0.2, 0.25) is 0 Å². The molecule has 0 aliphatic rings. The Morgan fingerprint density at radius 2 is 1.91 bits per heavy atom. The molecule has 0 saturated heterocycles. The number of hydrogen-bond acceptors (Lipinski definition) is 8. The lowest BCUT2D eigenvalue weighted by molar-refractivity contribution is -0.133. The molecule has 0 aliphatic heterocycles. The summed E-state index contributed by atoms with van der Waals surface area (Å²) in [5.74, 6) is 0.720. The number of aromatic nitrogens is 2. The number of esters is 1. The number of rotatable bonds is 9. The zero-order valence-corrected chi connectivity index (χ0v) is 19.3. The van der Waals surface area contributed by atoms with Crippen LogP contribution >= 0.6 is 11.8 Å². The van der Waals surface area contributed by atoms with Gasteiger partial charge >= 0.3 is 5.97 Å². The molecular formula is C23H25N3O5S. The normalized spacial score (nSPS) is 10.6. The molecule has 32 heavy (non-hydrogen) atoms. The number of furan rings is 1. The van der Waals surface area contributed by atoms with Gasteiger partial charge in [-0.2, -0.15) is 0 Å². The van der Waals surface area contributed by atoms with Crippen LogP contribution in [-0.4, -0.2) is 53.3 Å². The van der Waals surface area contributed by atoms with Gasteiger partial charge in [-0.1, -0.05) is 12.1 Å². The monoisotopic (exact) mass is 455 g/mol. The summed E-state index contributed by atoms with van der Waals surface area (Å²) < 4.78 is 16.0. The van der Waals surface area contributed by atoms with Crippen molar-refractivity contribution in [1.29, 1.82) is 0 Å². The highest BCUT2D eigenvalue weighted by molar-refractivity contribution is 7.98. The fourth-order valence-electron chi connectivity index (χ4n) is 2.97. The Kier molecular flexibility index (Phi) is 7.88. The molecule has 1 aromatic carbocycles. The van der Waals surface area contributed by atoms with E-state index in [1.54, 1.807) is 32.4 Å². The quantitative estimate of drug-likeness (QED) is 0.272. The van der Waals surface area contributed by atoms with Crippen LogP contribution in [0.3, 0.4) is 0 Å². The minimum Gasteiger partial charge on any atom is -0.494 e. The molecule has 3 rings (SSSR count). The van der Waals surface area contributed by atoms with Crippen LogP contribution in [0.5, 0.6) is 5.75 Å². The molecule has 8 nitrogen and oxygen atoms in total. The third-order valence-corrected chi connectivity index (χ3v) is 5.28. The van der Waals surface area contributed by atoms with Crippen LogP contribution < -0.4 is 4.74 Å². The molecule has 0 saturated carbocycles. The number of aryl methyl sites for hydroxylation is 1.